The summed E-state index contributed by atoms with van der Waals surface area (Å²) in [5.41, 5.74) is 0. The van der Waals surface area contributed by atoms with Gasteiger partial charge in [-0.25, -0.2) is 0 Å². The Hall–Kier alpha value is 2.08. The second kappa shape index (κ2) is 19.6. The SMILES string of the molecule is O.O.[K].[Mn]. The summed E-state index contributed by atoms with van der Waals surface area (Å²) < 4.78 is 0. The predicted molar refractivity (Wildman–Crippen MR) is 13.0 cm³/mol. The van der Waals surface area contributed by atoms with Crippen LogP contribution >= 0.6 is 0 Å². The molecule has 0 heterocycles. The zero-order chi connectivity index (χ0) is 0. The van der Waals surface area contributed by atoms with E-state index in [9.17, 15) is 0 Å². The summed E-state index contributed by atoms with van der Waals surface area (Å²) in [6.07, 6.45) is 0. The van der Waals surface area contributed by atoms with Crippen LogP contribution in [0.4, 0.5) is 0 Å². The standard InChI is InChI=1S/K.Mn.2H2O/h;;2*1H2. The molecule has 0 saturated carbocycles. The summed E-state index contributed by atoms with van der Waals surface area (Å²) in [4.78, 5) is 0. The van der Waals surface area contributed by atoms with Crippen LogP contribution in [-0.4, -0.2) is 62.3 Å². The molecule has 0 fully saturated rings. The average Bonchev–Trinajstić information content (AvgIpc) is 0. The topological polar surface area (TPSA) is 63.0 Å². The van der Waals surface area contributed by atoms with E-state index in [0.717, 1.165) is 0 Å². The van der Waals surface area contributed by atoms with Gasteiger partial charge in [0.15, 0.2) is 0 Å². The molecule has 0 aromatic carbocycles. The molecular formula is H4KMnO2. The van der Waals surface area contributed by atoms with Crippen LogP contribution in [0.3, 0.4) is 0 Å². The van der Waals surface area contributed by atoms with Gasteiger partial charge in [-0.3, -0.25) is 0 Å². The van der Waals surface area contributed by atoms with Gasteiger partial charge in [0.05, 0.1) is 0 Å². The molecule has 4 heavy (non-hydrogen) atoms. The van der Waals surface area contributed by atoms with Crippen molar-refractivity contribution in [3.63, 3.8) is 0 Å². The van der Waals surface area contributed by atoms with Gasteiger partial charge in [0.25, 0.3) is 0 Å². The van der Waals surface area contributed by atoms with Crippen molar-refractivity contribution in [2.75, 3.05) is 0 Å². The minimum atomic E-state index is 0. The van der Waals surface area contributed by atoms with Gasteiger partial charge in [-0.2, -0.15) is 0 Å². The van der Waals surface area contributed by atoms with Gasteiger partial charge in [-0.15, -0.1) is 0 Å². The summed E-state index contributed by atoms with van der Waals surface area (Å²) in [6, 6.07) is 0. The van der Waals surface area contributed by atoms with Crippen LogP contribution in [-0.2, 0) is 17.1 Å². The van der Waals surface area contributed by atoms with Crippen molar-refractivity contribution >= 4 is 51.4 Å². The molecule has 2 radical (unpaired) electrons. The third-order valence-corrected chi connectivity index (χ3v) is 0. The van der Waals surface area contributed by atoms with E-state index in [-0.39, 0.29) is 79.4 Å². The molecule has 0 aromatic rings. The molecule has 0 amide bonds. The third kappa shape index (κ3) is 8.95. The Kier molecular flexibility index (Phi) is 178. The van der Waals surface area contributed by atoms with Crippen molar-refractivity contribution in [2.45, 2.75) is 0 Å². The molecule has 0 aromatic heterocycles. The Balaban J connectivity index is 0. The maximum Gasteiger partial charge on any atom is 0 e. The number of hydrogen-bond donors (Lipinski definition) is 0. The first-order chi connectivity index (χ1) is 0. The van der Waals surface area contributed by atoms with Gasteiger partial charge in [0.2, 0.25) is 0 Å². The normalized spacial score (nSPS) is 0. The van der Waals surface area contributed by atoms with Gasteiger partial charge in [0, 0.05) is 68.5 Å². The largest absolute Gasteiger partial charge is 0.412 e. The summed E-state index contributed by atoms with van der Waals surface area (Å²) in [5, 5.41) is 0. The van der Waals surface area contributed by atoms with Crippen LogP contribution in [0, 0.1) is 0 Å². The summed E-state index contributed by atoms with van der Waals surface area (Å²) in [6.45, 7) is 0. The van der Waals surface area contributed by atoms with E-state index >= 15 is 0 Å². The molecule has 2 nitrogen and oxygen atoms in total. The number of hydrogen-bond acceptors (Lipinski definition) is 0. The first-order valence-corrected chi connectivity index (χ1v) is 0. The summed E-state index contributed by atoms with van der Waals surface area (Å²) >= 11 is 0. The van der Waals surface area contributed by atoms with E-state index < -0.39 is 0 Å². The molecule has 0 atom stereocenters. The van der Waals surface area contributed by atoms with Crippen molar-refractivity contribution < 1.29 is 28.0 Å². The van der Waals surface area contributed by atoms with Gasteiger partial charge in [-0.05, 0) is 0 Å². The molecule has 0 spiro atoms. The van der Waals surface area contributed by atoms with E-state index in [1.807, 2.05) is 0 Å². The first-order valence-electron chi connectivity index (χ1n) is 0. The molecule has 0 aliphatic heterocycles. The average molecular weight is 130 g/mol. The van der Waals surface area contributed by atoms with Crippen LogP contribution in [0.25, 0.3) is 0 Å². The third-order valence-electron chi connectivity index (χ3n) is 0. The monoisotopic (exact) mass is 130 g/mol. The van der Waals surface area contributed by atoms with Crippen molar-refractivity contribution in [3.05, 3.63) is 0 Å². The summed E-state index contributed by atoms with van der Waals surface area (Å²) in [5.74, 6) is 0. The van der Waals surface area contributed by atoms with E-state index in [1.165, 1.54) is 0 Å². The second-order valence-corrected chi connectivity index (χ2v) is 0. The van der Waals surface area contributed by atoms with Crippen LogP contribution in [0.2, 0.25) is 0 Å². The molecule has 4 heteroatoms. The van der Waals surface area contributed by atoms with E-state index in [2.05, 4.69) is 0 Å². The fourth-order valence-electron chi connectivity index (χ4n) is 0. The zero-order valence-corrected chi connectivity index (χ0v) is 6.68. The van der Waals surface area contributed by atoms with Crippen LogP contribution < -0.4 is 0 Å². The van der Waals surface area contributed by atoms with Gasteiger partial charge >= 0.3 is 0 Å². The van der Waals surface area contributed by atoms with Crippen LogP contribution in [0.1, 0.15) is 0 Å². The first kappa shape index (κ1) is 36.3. The van der Waals surface area contributed by atoms with Gasteiger partial charge in [-0.1, -0.05) is 0 Å². The predicted octanol–water partition coefficient (Wildman–Crippen LogP) is -2.03. The molecule has 0 aliphatic rings. The molecular weight excluding hydrogens is 126 g/mol. The summed E-state index contributed by atoms with van der Waals surface area (Å²) in [7, 11) is 0. The Labute approximate surface area is 77.8 Å². The molecule has 4 N–H and O–H groups in total. The quantitative estimate of drug-likeness (QED) is 0.339. The number of rotatable bonds is 0. The van der Waals surface area contributed by atoms with Gasteiger partial charge in [0.1, 0.15) is 0 Å². The Morgan fingerprint density at radius 1 is 0.750 bits per heavy atom. The van der Waals surface area contributed by atoms with Crippen molar-refractivity contribution in [1.82, 2.24) is 0 Å². The molecule has 0 saturated heterocycles. The molecule has 24 valence electrons. The maximum atomic E-state index is 0. The Bertz CT molecular complexity index is 6.00. The Morgan fingerprint density at radius 2 is 0.750 bits per heavy atom. The maximum absolute atomic E-state index is 0. The fourth-order valence-corrected chi connectivity index (χ4v) is 0. The fraction of sp³-hybridized carbons (Fsp3) is 0. The molecule has 0 unspecified atom stereocenters. The van der Waals surface area contributed by atoms with Crippen LogP contribution in [0.15, 0.2) is 0 Å². The Morgan fingerprint density at radius 3 is 0.750 bits per heavy atom. The van der Waals surface area contributed by atoms with E-state index in [1.54, 1.807) is 0 Å². The van der Waals surface area contributed by atoms with E-state index in [0.29, 0.717) is 0 Å². The second-order valence-electron chi connectivity index (χ2n) is 0. The van der Waals surface area contributed by atoms with Crippen molar-refractivity contribution in [3.8, 4) is 0 Å². The minimum Gasteiger partial charge on any atom is -0.412 e. The van der Waals surface area contributed by atoms with Crippen molar-refractivity contribution in [1.29, 1.82) is 0 Å². The molecule has 0 bridgehead atoms. The minimum absolute atomic E-state index is 0. The smallest absolute Gasteiger partial charge is 0 e. The van der Waals surface area contributed by atoms with Gasteiger partial charge < -0.3 is 11.0 Å². The molecule has 0 rings (SSSR count). The molecule has 0 aliphatic carbocycles. The van der Waals surface area contributed by atoms with Crippen molar-refractivity contribution in [2.24, 2.45) is 0 Å². The zero-order valence-electron chi connectivity index (χ0n) is 2.38. The van der Waals surface area contributed by atoms with Crippen LogP contribution in [0.5, 0.6) is 0 Å². The van der Waals surface area contributed by atoms with E-state index in [4.69, 9.17) is 0 Å².